The van der Waals surface area contributed by atoms with Crippen LogP contribution in [-0.4, -0.2) is 0 Å². The SMILES string of the molecule is C/C=C\C(=C/C)C(C1=C/C=C/C=C\C(CC)=C/C=C/C=C\1)c1ccccc1. The van der Waals surface area contributed by atoms with Crippen molar-refractivity contribution in [3.63, 3.8) is 0 Å². The molecule has 1 aliphatic carbocycles. The molecule has 1 aromatic rings. The maximum absolute atomic E-state index is 2.22. The maximum Gasteiger partial charge on any atom is 0.0336 e. The fourth-order valence-corrected chi connectivity index (χ4v) is 3.13. The van der Waals surface area contributed by atoms with Crippen LogP contribution in [0.1, 0.15) is 38.7 Å². The van der Waals surface area contributed by atoms with Gasteiger partial charge in [0.25, 0.3) is 0 Å². The highest BCUT2D eigenvalue weighted by Gasteiger charge is 2.17. The lowest BCUT2D eigenvalue weighted by molar-refractivity contribution is 0.972. The van der Waals surface area contributed by atoms with Gasteiger partial charge in [0.2, 0.25) is 0 Å². The highest BCUT2D eigenvalue weighted by molar-refractivity contribution is 5.48. The zero-order valence-electron chi connectivity index (χ0n) is 16.7. The van der Waals surface area contributed by atoms with E-state index in [0.29, 0.717) is 0 Å². The minimum absolute atomic E-state index is 0.204. The van der Waals surface area contributed by atoms with Gasteiger partial charge in [-0.15, -0.1) is 0 Å². The number of benzene rings is 1. The van der Waals surface area contributed by atoms with Gasteiger partial charge in [0.05, 0.1) is 0 Å². The monoisotopic (exact) mass is 354 g/mol. The Hall–Kier alpha value is -2.86. The van der Waals surface area contributed by atoms with Gasteiger partial charge >= 0.3 is 0 Å². The third kappa shape index (κ3) is 6.42. The molecule has 27 heavy (non-hydrogen) atoms. The first-order valence-corrected chi connectivity index (χ1v) is 9.72. The van der Waals surface area contributed by atoms with Crippen LogP contribution >= 0.6 is 0 Å². The average Bonchev–Trinajstić information content (AvgIpc) is 2.70. The van der Waals surface area contributed by atoms with Crippen LogP contribution in [0.15, 0.2) is 126 Å². The van der Waals surface area contributed by atoms with Crippen LogP contribution in [0.5, 0.6) is 0 Å². The van der Waals surface area contributed by atoms with Crippen molar-refractivity contribution in [3.05, 3.63) is 132 Å². The van der Waals surface area contributed by atoms with E-state index in [1.165, 1.54) is 22.3 Å². The van der Waals surface area contributed by atoms with Crippen molar-refractivity contribution in [3.8, 4) is 0 Å². The first-order chi connectivity index (χ1) is 13.3. The van der Waals surface area contributed by atoms with Crippen LogP contribution in [0.4, 0.5) is 0 Å². The fraction of sp³-hybridized carbons (Fsp3) is 0.185. The molecular formula is C27H30. The molecule has 0 fully saturated rings. The molecule has 0 saturated carbocycles. The van der Waals surface area contributed by atoms with E-state index >= 15 is 0 Å². The molecule has 0 heteroatoms. The average molecular weight is 355 g/mol. The van der Waals surface area contributed by atoms with E-state index in [0.717, 1.165) is 6.42 Å². The number of hydrogen-bond donors (Lipinski definition) is 0. The Balaban J connectivity index is 2.50. The van der Waals surface area contributed by atoms with Crippen LogP contribution in [-0.2, 0) is 0 Å². The Morgan fingerprint density at radius 2 is 1.56 bits per heavy atom. The second-order valence-corrected chi connectivity index (χ2v) is 6.38. The molecule has 0 bridgehead atoms. The predicted octanol–water partition coefficient (Wildman–Crippen LogP) is 7.79. The van der Waals surface area contributed by atoms with E-state index in [-0.39, 0.29) is 5.92 Å². The lowest BCUT2D eigenvalue weighted by Crippen LogP contribution is -2.04. The summed E-state index contributed by atoms with van der Waals surface area (Å²) in [6.45, 7) is 6.36. The third-order valence-corrected chi connectivity index (χ3v) is 4.54. The van der Waals surface area contributed by atoms with Gasteiger partial charge < -0.3 is 0 Å². The topological polar surface area (TPSA) is 0 Å². The molecule has 0 amide bonds. The largest absolute Gasteiger partial charge is 0.0874 e. The Labute approximate surface area is 165 Å². The Morgan fingerprint density at radius 3 is 2.22 bits per heavy atom. The molecule has 0 aliphatic heterocycles. The Morgan fingerprint density at radius 1 is 0.852 bits per heavy atom. The van der Waals surface area contributed by atoms with Crippen molar-refractivity contribution in [1.29, 1.82) is 0 Å². The van der Waals surface area contributed by atoms with Gasteiger partial charge in [-0.05, 0) is 42.6 Å². The van der Waals surface area contributed by atoms with Gasteiger partial charge in [0, 0.05) is 5.92 Å². The molecule has 0 nitrogen and oxygen atoms in total. The van der Waals surface area contributed by atoms with Crippen molar-refractivity contribution in [2.24, 2.45) is 0 Å². The summed E-state index contributed by atoms with van der Waals surface area (Å²) >= 11 is 0. The first kappa shape index (κ1) is 20.5. The number of hydrogen-bond acceptors (Lipinski definition) is 0. The van der Waals surface area contributed by atoms with Gasteiger partial charge in [0.1, 0.15) is 0 Å². The van der Waals surface area contributed by atoms with Crippen molar-refractivity contribution < 1.29 is 0 Å². The summed E-state index contributed by atoms with van der Waals surface area (Å²) in [5, 5.41) is 0. The first-order valence-electron chi connectivity index (χ1n) is 9.72. The van der Waals surface area contributed by atoms with E-state index in [2.05, 4.69) is 130 Å². The van der Waals surface area contributed by atoms with E-state index < -0.39 is 0 Å². The van der Waals surface area contributed by atoms with Gasteiger partial charge in [0.15, 0.2) is 0 Å². The normalized spacial score (nSPS) is 25.2. The van der Waals surface area contributed by atoms with Crippen molar-refractivity contribution in [2.75, 3.05) is 0 Å². The quantitative estimate of drug-likeness (QED) is 0.473. The molecule has 1 aliphatic rings. The van der Waals surface area contributed by atoms with Gasteiger partial charge in [-0.1, -0.05) is 116 Å². The van der Waals surface area contributed by atoms with Crippen LogP contribution in [0.25, 0.3) is 0 Å². The molecule has 0 aromatic heterocycles. The minimum atomic E-state index is 0.204. The number of allylic oxidation sites excluding steroid dienone is 16. The van der Waals surface area contributed by atoms with Gasteiger partial charge in [-0.2, -0.15) is 0 Å². The molecule has 0 spiro atoms. The lowest BCUT2D eigenvalue weighted by Gasteiger charge is -2.20. The van der Waals surface area contributed by atoms with E-state index in [4.69, 9.17) is 0 Å². The fourth-order valence-electron chi connectivity index (χ4n) is 3.13. The summed E-state index contributed by atoms with van der Waals surface area (Å²) in [4.78, 5) is 0. The van der Waals surface area contributed by atoms with Crippen molar-refractivity contribution >= 4 is 0 Å². The van der Waals surface area contributed by atoms with Crippen LogP contribution < -0.4 is 0 Å². The molecule has 0 N–H and O–H groups in total. The lowest BCUT2D eigenvalue weighted by atomic mass is 9.83. The Bertz CT molecular complexity index is 818. The highest BCUT2D eigenvalue weighted by atomic mass is 14.2. The van der Waals surface area contributed by atoms with Crippen LogP contribution in [0.2, 0.25) is 0 Å². The molecule has 0 saturated heterocycles. The molecule has 1 aromatic carbocycles. The van der Waals surface area contributed by atoms with Gasteiger partial charge in [-0.25, -0.2) is 0 Å². The molecule has 2 rings (SSSR count). The summed E-state index contributed by atoms with van der Waals surface area (Å²) in [5.41, 5.74) is 5.18. The van der Waals surface area contributed by atoms with Crippen LogP contribution in [0, 0.1) is 0 Å². The molecule has 1 atom stereocenters. The highest BCUT2D eigenvalue weighted by Crippen LogP contribution is 2.33. The van der Waals surface area contributed by atoms with Crippen molar-refractivity contribution in [1.82, 2.24) is 0 Å². The molecule has 0 heterocycles. The van der Waals surface area contributed by atoms with E-state index in [1.807, 2.05) is 0 Å². The smallest absolute Gasteiger partial charge is 0.0336 e. The summed E-state index contributed by atoms with van der Waals surface area (Å²) in [5.74, 6) is 0.204. The van der Waals surface area contributed by atoms with E-state index in [9.17, 15) is 0 Å². The zero-order valence-corrected chi connectivity index (χ0v) is 16.7. The van der Waals surface area contributed by atoms with Crippen LogP contribution in [0.3, 0.4) is 0 Å². The predicted molar refractivity (Wildman–Crippen MR) is 121 cm³/mol. The second kappa shape index (κ2) is 11.7. The summed E-state index contributed by atoms with van der Waals surface area (Å²) in [7, 11) is 0. The zero-order chi connectivity index (χ0) is 19.3. The summed E-state index contributed by atoms with van der Waals surface area (Å²) < 4.78 is 0. The summed E-state index contributed by atoms with van der Waals surface area (Å²) in [6.07, 6.45) is 29.0. The van der Waals surface area contributed by atoms with E-state index in [1.54, 1.807) is 0 Å². The van der Waals surface area contributed by atoms with Gasteiger partial charge in [-0.3, -0.25) is 0 Å². The summed E-state index contributed by atoms with van der Waals surface area (Å²) in [6, 6.07) is 10.7. The molecule has 138 valence electrons. The molecular weight excluding hydrogens is 324 g/mol. The maximum atomic E-state index is 2.22. The second-order valence-electron chi connectivity index (χ2n) is 6.38. The molecule has 0 radical (unpaired) electrons. The molecule has 1 unspecified atom stereocenters. The minimum Gasteiger partial charge on any atom is -0.0874 e. The van der Waals surface area contributed by atoms with Crippen molar-refractivity contribution in [2.45, 2.75) is 33.1 Å². The third-order valence-electron chi connectivity index (χ3n) is 4.54. The number of rotatable bonds is 5. The standard InChI is InChI=1S/C27H30/c1-4-16-24(6-3)27(26-21-14-9-15-22-26)25-19-12-7-10-17-23(5-2)18-11-8-13-20-25/h4,6-22,27H,5H2,1-3H3/b10-7+,11-8?,12-7?,13-8+,16-4-,17-10?,18-11-,19-12-,20-13?,23-17-,23-18?,24-6+,25-19?,25-20+. The Kier molecular flexibility index (Phi) is 8.86.